The highest BCUT2D eigenvalue weighted by molar-refractivity contribution is 6.33. The van der Waals surface area contributed by atoms with Gasteiger partial charge in [0.15, 0.2) is 0 Å². The molecule has 0 spiro atoms. The lowest BCUT2D eigenvalue weighted by molar-refractivity contribution is -0.140. The Labute approximate surface area is 126 Å². The lowest BCUT2D eigenvalue weighted by Crippen LogP contribution is -2.21. The first-order valence-electron chi connectivity index (χ1n) is 7.25. The van der Waals surface area contributed by atoms with Gasteiger partial charge in [-0.3, -0.25) is 4.79 Å². The van der Waals surface area contributed by atoms with Crippen LogP contribution in [0.15, 0.2) is 18.2 Å². The summed E-state index contributed by atoms with van der Waals surface area (Å²) in [5.74, 6) is -1.37. The first kappa shape index (κ1) is 16.8. The van der Waals surface area contributed by atoms with Gasteiger partial charge in [0.25, 0.3) is 0 Å². The zero-order valence-electron chi connectivity index (χ0n) is 12.2. The summed E-state index contributed by atoms with van der Waals surface area (Å²) in [7, 11) is 0. The molecule has 0 aliphatic rings. The van der Waals surface area contributed by atoms with E-state index in [4.69, 9.17) is 17.3 Å². The molecule has 0 saturated carbocycles. The van der Waals surface area contributed by atoms with E-state index in [0.29, 0.717) is 16.3 Å². The third kappa shape index (κ3) is 4.41. The molecule has 1 rings (SSSR count). The second-order valence-electron chi connectivity index (χ2n) is 5.39. The van der Waals surface area contributed by atoms with E-state index in [1.807, 2.05) is 6.92 Å². The number of benzene rings is 1. The summed E-state index contributed by atoms with van der Waals surface area (Å²) < 4.78 is 0. The number of carbonyl (C=O) groups is 1. The van der Waals surface area contributed by atoms with Gasteiger partial charge in [0, 0.05) is 0 Å². The number of nitrogen functional groups attached to an aromatic ring is 1. The molecule has 0 heterocycles. The number of unbranched alkanes of at least 4 members (excludes halogenated alkanes) is 3. The molecule has 3 N–H and O–H groups in total. The molecule has 1 aromatic carbocycles. The number of nitrogens with two attached hydrogens (primary N) is 1. The fourth-order valence-electron chi connectivity index (χ4n) is 2.57. The second-order valence-corrected chi connectivity index (χ2v) is 5.79. The molecule has 0 amide bonds. The Morgan fingerprint density at radius 2 is 2.05 bits per heavy atom. The van der Waals surface area contributed by atoms with Gasteiger partial charge in [-0.2, -0.15) is 0 Å². The van der Waals surface area contributed by atoms with Crippen molar-refractivity contribution in [3.63, 3.8) is 0 Å². The summed E-state index contributed by atoms with van der Waals surface area (Å²) in [5.41, 5.74) is 6.96. The van der Waals surface area contributed by atoms with Gasteiger partial charge in [0.1, 0.15) is 0 Å². The number of aliphatic carboxylic acids is 1. The number of hydrogen-bond acceptors (Lipinski definition) is 2. The molecular weight excluding hydrogens is 274 g/mol. The van der Waals surface area contributed by atoms with Gasteiger partial charge in [-0.05, 0) is 24.0 Å². The minimum atomic E-state index is -0.832. The minimum absolute atomic E-state index is 0.0464. The SMILES string of the molecule is CCCCCCC(C)C(C(=O)O)c1cccc(Cl)c1N. The van der Waals surface area contributed by atoms with Crippen molar-refractivity contribution in [1.29, 1.82) is 0 Å². The predicted molar refractivity (Wildman–Crippen MR) is 84.2 cm³/mol. The number of halogens is 1. The lowest BCUT2D eigenvalue weighted by atomic mass is 9.83. The van der Waals surface area contributed by atoms with Gasteiger partial charge < -0.3 is 10.8 Å². The molecule has 2 unspecified atom stereocenters. The summed E-state index contributed by atoms with van der Waals surface area (Å²) in [6, 6.07) is 5.21. The van der Waals surface area contributed by atoms with Crippen LogP contribution in [0.5, 0.6) is 0 Å². The van der Waals surface area contributed by atoms with E-state index in [9.17, 15) is 9.90 Å². The van der Waals surface area contributed by atoms with Crippen LogP contribution >= 0.6 is 11.6 Å². The summed E-state index contributed by atoms with van der Waals surface area (Å²) >= 11 is 5.99. The third-order valence-electron chi connectivity index (χ3n) is 3.77. The van der Waals surface area contributed by atoms with Crippen LogP contribution in [0, 0.1) is 5.92 Å². The smallest absolute Gasteiger partial charge is 0.311 e. The van der Waals surface area contributed by atoms with Crippen LogP contribution in [0.3, 0.4) is 0 Å². The number of carboxylic acids is 1. The highest BCUT2D eigenvalue weighted by Gasteiger charge is 2.28. The molecule has 0 fully saturated rings. The number of para-hydroxylation sites is 1. The predicted octanol–water partition coefficient (Wildman–Crippen LogP) is 4.70. The Kier molecular flexibility index (Phi) is 6.86. The van der Waals surface area contributed by atoms with Crippen molar-refractivity contribution >= 4 is 23.3 Å². The number of rotatable bonds is 8. The maximum atomic E-state index is 11.6. The highest BCUT2D eigenvalue weighted by Crippen LogP contribution is 2.35. The number of hydrogen-bond donors (Lipinski definition) is 2. The van der Waals surface area contributed by atoms with Crippen molar-refractivity contribution in [3.05, 3.63) is 28.8 Å². The number of anilines is 1. The van der Waals surface area contributed by atoms with Crippen LogP contribution in [-0.4, -0.2) is 11.1 Å². The van der Waals surface area contributed by atoms with Crippen molar-refractivity contribution in [1.82, 2.24) is 0 Å². The summed E-state index contributed by atoms with van der Waals surface area (Å²) in [5, 5.41) is 9.94. The molecule has 3 nitrogen and oxygen atoms in total. The fraction of sp³-hybridized carbons (Fsp3) is 0.562. The zero-order valence-corrected chi connectivity index (χ0v) is 13.0. The van der Waals surface area contributed by atoms with Gasteiger partial charge in [-0.1, -0.05) is 63.3 Å². The summed E-state index contributed by atoms with van der Waals surface area (Å²) in [6.07, 6.45) is 5.47. The monoisotopic (exact) mass is 297 g/mol. The van der Waals surface area contributed by atoms with Gasteiger partial charge in [0.2, 0.25) is 0 Å². The molecule has 0 aliphatic carbocycles. The first-order valence-corrected chi connectivity index (χ1v) is 7.63. The normalized spacial score (nSPS) is 13.9. The van der Waals surface area contributed by atoms with Crippen molar-refractivity contribution in [2.24, 2.45) is 5.92 Å². The quantitative estimate of drug-likeness (QED) is 0.540. The number of carboxylic acid groups (broad SMARTS) is 1. The molecule has 20 heavy (non-hydrogen) atoms. The Bertz CT molecular complexity index is 448. The topological polar surface area (TPSA) is 63.3 Å². The van der Waals surface area contributed by atoms with Gasteiger partial charge >= 0.3 is 5.97 Å². The first-order chi connectivity index (χ1) is 9.49. The lowest BCUT2D eigenvalue weighted by Gasteiger charge is -2.22. The van der Waals surface area contributed by atoms with E-state index in [0.717, 1.165) is 19.3 Å². The Hall–Kier alpha value is -1.22. The summed E-state index contributed by atoms with van der Waals surface area (Å²) in [6.45, 7) is 4.14. The average molecular weight is 298 g/mol. The van der Waals surface area contributed by atoms with E-state index in [-0.39, 0.29) is 5.92 Å². The average Bonchev–Trinajstić information content (AvgIpc) is 2.39. The zero-order chi connectivity index (χ0) is 15.1. The molecule has 4 heteroatoms. The van der Waals surface area contributed by atoms with Crippen LogP contribution in [-0.2, 0) is 4.79 Å². The van der Waals surface area contributed by atoms with E-state index in [2.05, 4.69) is 6.92 Å². The molecule has 0 aliphatic heterocycles. The molecule has 0 aromatic heterocycles. The Morgan fingerprint density at radius 3 is 2.65 bits per heavy atom. The van der Waals surface area contributed by atoms with Crippen LogP contribution in [0.4, 0.5) is 5.69 Å². The standard InChI is InChI=1S/C16H24ClNO2/c1-3-4-5-6-8-11(2)14(16(19)20)12-9-7-10-13(17)15(12)18/h7,9-11,14H,3-6,8,18H2,1-2H3,(H,19,20). The molecular formula is C16H24ClNO2. The summed E-state index contributed by atoms with van der Waals surface area (Å²) in [4.78, 5) is 11.6. The van der Waals surface area contributed by atoms with Crippen LogP contribution < -0.4 is 5.73 Å². The minimum Gasteiger partial charge on any atom is -0.481 e. The Balaban J connectivity index is 2.83. The molecule has 2 atom stereocenters. The molecule has 0 radical (unpaired) electrons. The molecule has 1 aromatic rings. The van der Waals surface area contributed by atoms with Crippen molar-refractivity contribution in [2.45, 2.75) is 51.9 Å². The maximum absolute atomic E-state index is 11.6. The van der Waals surface area contributed by atoms with Crippen molar-refractivity contribution < 1.29 is 9.90 Å². The van der Waals surface area contributed by atoms with E-state index < -0.39 is 11.9 Å². The van der Waals surface area contributed by atoms with Gasteiger partial charge in [-0.15, -0.1) is 0 Å². The van der Waals surface area contributed by atoms with Crippen molar-refractivity contribution in [3.8, 4) is 0 Å². The third-order valence-corrected chi connectivity index (χ3v) is 4.10. The van der Waals surface area contributed by atoms with E-state index in [1.165, 1.54) is 12.8 Å². The second kappa shape index (κ2) is 8.15. The van der Waals surface area contributed by atoms with E-state index >= 15 is 0 Å². The Morgan fingerprint density at radius 1 is 1.35 bits per heavy atom. The fourth-order valence-corrected chi connectivity index (χ4v) is 2.75. The molecule has 0 bridgehead atoms. The van der Waals surface area contributed by atoms with E-state index in [1.54, 1.807) is 18.2 Å². The molecule has 112 valence electrons. The van der Waals surface area contributed by atoms with Crippen LogP contribution in [0.1, 0.15) is 57.4 Å². The van der Waals surface area contributed by atoms with Gasteiger partial charge in [-0.25, -0.2) is 0 Å². The van der Waals surface area contributed by atoms with Crippen LogP contribution in [0.2, 0.25) is 5.02 Å². The van der Waals surface area contributed by atoms with Crippen molar-refractivity contribution in [2.75, 3.05) is 5.73 Å². The molecule has 0 saturated heterocycles. The van der Waals surface area contributed by atoms with Crippen LogP contribution in [0.25, 0.3) is 0 Å². The highest BCUT2D eigenvalue weighted by atomic mass is 35.5. The van der Waals surface area contributed by atoms with Gasteiger partial charge in [0.05, 0.1) is 16.6 Å². The largest absolute Gasteiger partial charge is 0.481 e. The maximum Gasteiger partial charge on any atom is 0.311 e.